The van der Waals surface area contributed by atoms with E-state index in [-0.39, 0.29) is 19.1 Å². The maximum absolute atomic E-state index is 13.0. The Balaban J connectivity index is 1.46. The van der Waals surface area contributed by atoms with E-state index < -0.39 is 0 Å². The second-order valence-electron chi connectivity index (χ2n) is 8.88. The van der Waals surface area contributed by atoms with Crippen molar-refractivity contribution >= 4 is 51.1 Å². The van der Waals surface area contributed by atoms with Gasteiger partial charge in [-0.3, -0.25) is 4.79 Å². The highest BCUT2D eigenvalue weighted by molar-refractivity contribution is 7.16. The monoisotopic (exact) mass is 510 g/mol. The van der Waals surface area contributed by atoms with Crippen LogP contribution in [0.5, 0.6) is 5.75 Å². The van der Waals surface area contributed by atoms with Crippen molar-refractivity contribution in [1.82, 2.24) is 19.9 Å². The summed E-state index contributed by atoms with van der Waals surface area (Å²) in [5.41, 5.74) is 2.76. The van der Waals surface area contributed by atoms with E-state index in [1.807, 2.05) is 37.1 Å². The van der Waals surface area contributed by atoms with Gasteiger partial charge in [0.05, 0.1) is 23.5 Å². The SMILES string of the molecule is Cc1nc2c(s1)N(C)c1nc(Nc3ccc(N4CCN(C)CC4)cc3OCCO)ncc1N(C)C2=O. The maximum Gasteiger partial charge on any atom is 0.279 e. The minimum Gasteiger partial charge on any atom is -0.489 e. The number of benzene rings is 1. The van der Waals surface area contributed by atoms with Crippen molar-refractivity contribution in [3.63, 3.8) is 0 Å². The number of aromatic nitrogens is 3. The minimum atomic E-state index is -0.191. The number of hydrogen-bond donors (Lipinski definition) is 2. The molecule has 0 spiro atoms. The summed E-state index contributed by atoms with van der Waals surface area (Å²) in [6.07, 6.45) is 1.63. The van der Waals surface area contributed by atoms with Crippen LogP contribution in [0, 0.1) is 6.92 Å². The Morgan fingerprint density at radius 3 is 2.64 bits per heavy atom. The lowest BCUT2D eigenvalue weighted by atomic mass is 10.2. The van der Waals surface area contributed by atoms with E-state index in [1.54, 1.807) is 13.2 Å². The van der Waals surface area contributed by atoms with E-state index >= 15 is 0 Å². The average molecular weight is 511 g/mol. The van der Waals surface area contributed by atoms with E-state index in [0.717, 1.165) is 41.9 Å². The predicted octanol–water partition coefficient (Wildman–Crippen LogP) is 2.47. The number of aryl methyl sites for hydroxylation is 1. The zero-order valence-corrected chi connectivity index (χ0v) is 21.7. The Morgan fingerprint density at radius 1 is 1.11 bits per heavy atom. The number of likely N-dealkylation sites (N-methyl/N-ethyl adjacent to an activating group) is 1. The number of aliphatic hydroxyl groups excluding tert-OH is 1. The molecule has 2 aliphatic heterocycles. The molecule has 0 saturated carbocycles. The molecule has 0 unspecified atom stereocenters. The summed E-state index contributed by atoms with van der Waals surface area (Å²) in [5, 5.41) is 14.2. The van der Waals surface area contributed by atoms with Crippen LogP contribution in [0.4, 0.5) is 33.8 Å². The first-order valence-corrected chi connectivity index (χ1v) is 12.6. The number of nitrogens with one attached hydrogen (secondary N) is 1. The molecular formula is C24H30N8O3S. The Morgan fingerprint density at radius 2 is 1.89 bits per heavy atom. The number of anilines is 6. The molecule has 12 heteroatoms. The van der Waals surface area contributed by atoms with Crippen LogP contribution in [0.3, 0.4) is 0 Å². The van der Waals surface area contributed by atoms with Gasteiger partial charge in [-0.25, -0.2) is 9.97 Å². The fourth-order valence-corrected chi connectivity index (χ4v) is 5.20. The predicted molar refractivity (Wildman–Crippen MR) is 142 cm³/mol. The summed E-state index contributed by atoms with van der Waals surface area (Å²) in [6, 6.07) is 5.98. The van der Waals surface area contributed by atoms with Gasteiger partial charge in [0.15, 0.2) is 11.5 Å². The zero-order valence-electron chi connectivity index (χ0n) is 20.9. The van der Waals surface area contributed by atoms with E-state index in [9.17, 15) is 9.90 Å². The summed E-state index contributed by atoms with van der Waals surface area (Å²) in [7, 11) is 5.70. The van der Waals surface area contributed by atoms with Crippen molar-refractivity contribution in [2.45, 2.75) is 6.92 Å². The molecule has 36 heavy (non-hydrogen) atoms. The quantitative estimate of drug-likeness (QED) is 0.513. The first-order valence-electron chi connectivity index (χ1n) is 11.8. The molecule has 0 aliphatic carbocycles. The lowest BCUT2D eigenvalue weighted by Gasteiger charge is -2.34. The number of carbonyl (C=O) groups is 1. The van der Waals surface area contributed by atoms with Crippen LogP contribution in [0.1, 0.15) is 15.5 Å². The molecule has 4 heterocycles. The van der Waals surface area contributed by atoms with Crippen molar-refractivity contribution in [1.29, 1.82) is 0 Å². The molecule has 0 atom stereocenters. The summed E-state index contributed by atoms with van der Waals surface area (Å²) in [4.78, 5) is 34.7. The first kappa shape index (κ1) is 24.2. The van der Waals surface area contributed by atoms with Crippen molar-refractivity contribution in [3.8, 4) is 5.75 Å². The molecule has 1 amide bonds. The standard InChI is InChI=1S/C24H30N8O3S/c1-15-26-20-22(34)30(3)18-14-25-24(28-21(18)31(4)23(20)36-15)27-17-6-5-16(13-19(17)35-12-11-33)32-9-7-29(2)8-10-32/h5-6,13-14,33H,7-12H2,1-4H3,(H,25,27,28). The van der Waals surface area contributed by atoms with Crippen molar-refractivity contribution in [3.05, 3.63) is 35.1 Å². The zero-order chi connectivity index (χ0) is 25.4. The maximum atomic E-state index is 13.0. The third-order valence-electron chi connectivity index (χ3n) is 6.39. The van der Waals surface area contributed by atoms with Crippen LogP contribution < -0.4 is 24.8 Å². The van der Waals surface area contributed by atoms with E-state index in [4.69, 9.17) is 9.72 Å². The lowest BCUT2D eigenvalue weighted by molar-refractivity contribution is 0.0990. The molecule has 2 N–H and O–H groups in total. The molecule has 3 aromatic rings. The van der Waals surface area contributed by atoms with Gasteiger partial charge in [-0.15, -0.1) is 11.3 Å². The van der Waals surface area contributed by atoms with Crippen molar-refractivity contribution in [2.24, 2.45) is 0 Å². The van der Waals surface area contributed by atoms with Gasteiger partial charge in [-0.1, -0.05) is 0 Å². The highest BCUT2D eigenvalue weighted by Crippen LogP contribution is 2.41. The van der Waals surface area contributed by atoms with Gasteiger partial charge in [-0.05, 0) is 26.1 Å². The third kappa shape index (κ3) is 4.54. The molecule has 2 aliphatic rings. The molecule has 0 bridgehead atoms. The molecule has 1 saturated heterocycles. The Bertz CT molecular complexity index is 1270. The molecule has 2 aromatic heterocycles. The number of amides is 1. The van der Waals surface area contributed by atoms with Gasteiger partial charge >= 0.3 is 0 Å². The molecule has 11 nitrogen and oxygen atoms in total. The topological polar surface area (TPSA) is 110 Å². The number of nitrogens with zero attached hydrogens (tertiary/aromatic N) is 7. The largest absolute Gasteiger partial charge is 0.489 e. The van der Waals surface area contributed by atoms with E-state index in [2.05, 4.69) is 32.1 Å². The normalized spacial score (nSPS) is 16.0. The van der Waals surface area contributed by atoms with Crippen LogP contribution in [-0.2, 0) is 0 Å². The van der Waals surface area contributed by atoms with Crippen LogP contribution in [0.2, 0.25) is 0 Å². The van der Waals surface area contributed by atoms with Crippen molar-refractivity contribution in [2.75, 3.05) is 80.6 Å². The Labute approximate surface area is 214 Å². The highest BCUT2D eigenvalue weighted by Gasteiger charge is 2.32. The van der Waals surface area contributed by atoms with Crippen LogP contribution in [0.25, 0.3) is 0 Å². The fourth-order valence-electron chi connectivity index (χ4n) is 4.33. The number of hydrogen-bond acceptors (Lipinski definition) is 11. The lowest BCUT2D eigenvalue weighted by Crippen LogP contribution is -2.44. The van der Waals surface area contributed by atoms with Gasteiger partial charge in [0.2, 0.25) is 5.95 Å². The van der Waals surface area contributed by atoms with Crippen LogP contribution >= 0.6 is 11.3 Å². The first-order chi connectivity index (χ1) is 17.4. The number of piperazine rings is 1. The molecule has 5 rings (SSSR count). The van der Waals surface area contributed by atoms with Crippen LogP contribution in [0.15, 0.2) is 24.4 Å². The summed E-state index contributed by atoms with van der Waals surface area (Å²) >= 11 is 1.45. The minimum absolute atomic E-state index is 0.0880. The number of fused-ring (bicyclic) bond motifs is 2. The average Bonchev–Trinajstić information content (AvgIpc) is 3.26. The molecule has 190 valence electrons. The number of rotatable bonds is 6. The van der Waals surface area contributed by atoms with Crippen LogP contribution in [-0.4, -0.2) is 91.4 Å². The van der Waals surface area contributed by atoms with E-state index in [0.29, 0.717) is 34.6 Å². The highest BCUT2D eigenvalue weighted by atomic mass is 32.1. The van der Waals surface area contributed by atoms with Gasteiger partial charge in [0.1, 0.15) is 23.0 Å². The summed E-state index contributed by atoms with van der Waals surface area (Å²) in [5.74, 6) is 1.38. The molecule has 0 radical (unpaired) electrons. The molecule has 1 fully saturated rings. The Hall–Kier alpha value is -3.48. The Kier molecular flexibility index (Phi) is 6.65. The van der Waals surface area contributed by atoms with Gasteiger partial charge < -0.3 is 34.8 Å². The van der Waals surface area contributed by atoms with Gasteiger partial charge in [0, 0.05) is 52.0 Å². The number of thiazole rings is 1. The molecular weight excluding hydrogens is 480 g/mol. The molecule has 1 aromatic carbocycles. The van der Waals surface area contributed by atoms with Gasteiger partial charge in [-0.2, -0.15) is 4.98 Å². The van der Waals surface area contributed by atoms with Gasteiger partial charge in [0.25, 0.3) is 5.91 Å². The van der Waals surface area contributed by atoms with Crippen molar-refractivity contribution < 1.29 is 14.6 Å². The number of carbonyl (C=O) groups excluding carboxylic acids is 1. The number of aliphatic hydroxyl groups is 1. The fraction of sp³-hybridized carbons (Fsp3) is 0.417. The summed E-state index contributed by atoms with van der Waals surface area (Å²) < 4.78 is 5.87. The second-order valence-corrected chi connectivity index (χ2v) is 10.1. The van der Waals surface area contributed by atoms with E-state index in [1.165, 1.54) is 16.2 Å². The third-order valence-corrected chi connectivity index (χ3v) is 7.43. The summed E-state index contributed by atoms with van der Waals surface area (Å²) in [6.45, 7) is 5.85. The second kappa shape index (κ2) is 9.88. The smallest absolute Gasteiger partial charge is 0.279 e. The number of ether oxygens (including phenoxy) is 1.